The van der Waals surface area contributed by atoms with Crippen LogP contribution in [0.1, 0.15) is 38.2 Å². The van der Waals surface area contributed by atoms with Gasteiger partial charge in [0.25, 0.3) is 0 Å². The van der Waals surface area contributed by atoms with Crippen molar-refractivity contribution in [3.8, 4) is 6.07 Å². The third-order valence-electron chi connectivity index (χ3n) is 5.31. The number of anilines is 1. The van der Waals surface area contributed by atoms with Crippen LogP contribution in [0.3, 0.4) is 0 Å². The van der Waals surface area contributed by atoms with Gasteiger partial charge in [0.05, 0.1) is 17.3 Å². The number of rotatable bonds is 4. The predicted octanol–water partition coefficient (Wildman–Crippen LogP) is 3.07. The van der Waals surface area contributed by atoms with E-state index in [0.717, 1.165) is 52.0 Å². The second-order valence-corrected chi connectivity index (χ2v) is 6.97. The van der Waals surface area contributed by atoms with Crippen LogP contribution in [0.5, 0.6) is 0 Å². The maximum absolute atomic E-state index is 14.3. The molecule has 24 heavy (non-hydrogen) atoms. The molecule has 0 bridgehead atoms. The molecule has 2 aliphatic rings. The number of piperidine rings is 1. The van der Waals surface area contributed by atoms with Crippen LogP contribution >= 0.6 is 0 Å². The number of nitrogens with zero attached hydrogens (tertiary/aromatic N) is 2. The van der Waals surface area contributed by atoms with Gasteiger partial charge in [0.2, 0.25) is 0 Å². The lowest BCUT2D eigenvalue weighted by molar-refractivity contribution is 0.0541. The molecule has 0 aliphatic carbocycles. The van der Waals surface area contributed by atoms with Gasteiger partial charge in [-0.25, -0.2) is 4.39 Å². The van der Waals surface area contributed by atoms with Crippen molar-refractivity contribution >= 4 is 5.69 Å². The second kappa shape index (κ2) is 7.96. The van der Waals surface area contributed by atoms with Crippen molar-refractivity contribution in [1.82, 2.24) is 5.32 Å². The first-order valence-electron chi connectivity index (χ1n) is 8.96. The van der Waals surface area contributed by atoms with E-state index in [9.17, 15) is 4.39 Å². The first-order valence-corrected chi connectivity index (χ1v) is 8.96. The molecule has 2 saturated heterocycles. The summed E-state index contributed by atoms with van der Waals surface area (Å²) in [5.41, 5.74) is 0.982. The maximum atomic E-state index is 14.3. The zero-order valence-electron chi connectivity index (χ0n) is 14.3. The number of benzene rings is 1. The van der Waals surface area contributed by atoms with Crippen LogP contribution < -0.4 is 10.2 Å². The van der Waals surface area contributed by atoms with Crippen LogP contribution in [0.15, 0.2) is 18.2 Å². The van der Waals surface area contributed by atoms with Crippen molar-refractivity contribution < 1.29 is 9.13 Å². The van der Waals surface area contributed by atoms with Crippen LogP contribution in [-0.4, -0.2) is 38.4 Å². The average molecular weight is 331 g/mol. The third-order valence-corrected chi connectivity index (χ3v) is 5.31. The number of halogens is 1. The van der Waals surface area contributed by atoms with Crippen molar-refractivity contribution in [1.29, 1.82) is 5.26 Å². The largest absolute Gasteiger partial charge is 0.381 e. The molecule has 2 fully saturated rings. The van der Waals surface area contributed by atoms with Crippen molar-refractivity contribution in [2.75, 3.05) is 31.2 Å². The van der Waals surface area contributed by atoms with Crippen LogP contribution in [0, 0.1) is 23.1 Å². The number of ether oxygens (including phenoxy) is 1. The molecule has 5 heteroatoms. The molecule has 0 unspecified atom stereocenters. The summed E-state index contributed by atoms with van der Waals surface area (Å²) in [6.07, 6.45) is 4.42. The molecule has 130 valence electrons. The van der Waals surface area contributed by atoms with Crippen LogP contribution in [-0.2, 0) is 4.74 Å². The molecule has 0 spiro atoms. The molecular formula is C19H26FN3O. The van der Waals surface area contributed by atoms with E-state index in [-0.39, 0.29) is 5.82 Å². The van der Waals surface area contributed by atoms with Crippen molar-refractivity contribution in [2.45, 2.75) is 44.7 Å². The first kappa shape index (κ1) is 17.2. The van der Waals surface area contributed by atoms with E-state index >= 15 is 0 Å². The summed E-state index contributed by atoms with van der Waals surface area (Å²) in [5, 5.41) is 12.6. The smallest absolute Gasteiger partial charge is 0.147 e. The van der Waals surface area contributed by atoms with E-state index in [1.807, 2.05) is 6.07 Å². The first-order chi connectivity index (χ1) is 11.7. The molecule has 0 saturated carbocycles. The summed E-state index contributed by atoms with van der Waals surface area (Å²) in [6, 6.07) is 7.59. The average Bonchev–Trinajstić information content (AvgIpc) is 2.62. The molecule has 3 rings (SSSR count). The van der Waals surface area contributed by atoms with Gasteiger partial charge in [0.15, 0.2) is 0 Å². The van der Waals surface area contributed by atoms with Crippen molar-refractivity contribution in [2.24, 2.45) is 5.92 Å². The van der Waals surface area contributed by atoms with Crippen LogP contribution in [0.25, 0.3) is 0 Å². The molecule has 1 aromatic rings. The van der Waals surface area contributed by atoms with Gasteiger partial charge < -0.3 is 15.0 Å². The molecule has 0 aromatic heterocycles. The lowest BCUT2D eigenvalue weighted by Gasteiger charge is -2.38. The number of nitriles is 1. The SMILES string of the molecule is C[C@@H](N[C@@H]1CCCN(c2ccc(C#N)cc2F)C1)C1CCOCC1. The summed E-state index contributed by atoms with van der Waals surface area (Å²) in [7, 11) is 0. The fraction of sp³-hybridized carbons (Fsp3) is 0.632. The fourth-order valence-electron chi connectivity index (χ4n) is 3.89. The molecule has 4 nitrogen and oxygen atoms in total. The van der Waals surface area contributed by atoms with E-state index in [0.29, 0.717) is 29.3 Å². The highest BCUT2D eigenvalue weighted by molar-refractivity contribution is 5.51. The Morgan fingerprint density at radius 3 is 2.83 bits per heavy atom. The molecule has 2 aliphatic heterocycles. The predicted molar refractivity (Wildman–Crippen MR) is 92.5 cm³/mol. The third kappa shape index (κ3) is 4.06. The minimum Gasteiger partial charge on any atom is -0.381 e. The highest BCUT2D eigenvalue weighted by atomic mass is 19.1. The van der Waals surface area contributed by atoms with Gasteiger partial charge in [0.1, 0.15) is 5.82 Å². The Kier molecular flexibility index (Phi) is 5.70. The normalized spacial score (nSPS) is 23.7. The van der Waals surface area contributed by atoms with E-state index in [2.05, 4.69) is 17.1 Å². The van der Waals surface area contributed by atoms with Gasteiger partial charge >= 0.3 is 0 Å². The molecule has 0 radical (unpaired) electrons. The topological polar surface area (TPSA) is 48.3 Å². The van der Waals surface area contributed by atoms with Crippen LogP contribution in [0.2, 0.25) is 0 Å². The summed E-state index contributed by atoms with van der Waals surface area (Å²) >= 11 is 0. The summed E-state index contributed by atoms with van der Waals surface area (Å²) in [5.74, 6) is 0.368. The number of hydrogen-bond acceptors (Lipinski definition) is 4. The Hall–Kier alpha value is -1.64. The Balaban J connectivity index is 1.61. The van der Waals surface area contributed by atoms with Gasteiger partial charge in [-0.1, -0.05) is 0 Å². The number of nitrogens with one attached hydrogen (secondary N) is 1. The van der Waals surface area contributed by atoms with Crippen molar-refractivity contribution in [3.63, 3.8) is 0 Å². The zero-order chi connectivity index (χ0) is 16.9. The summed E-state index contributed by atoms with van der Waals surface area (Å²) in [6.45, 7) is 5.67. The van der Waals surface area contributed by atoms with E-state index < -0.39 is 0 Å². The van der Waals surface area contributed by atoms with Gasteiger partial charge in [-0.15, -0.1) is 0 Å². The summed E-state index contributed by atoms with van der Waals surface area (Å²) < 4.78 is 19.7. The Morgan fingerprint density at radius 2 is 2.12 bits per heavy atom. The highest BCUT2D eigenvalue weighted by Crippen LogP contribution is 2.25. The summed E-state index contributed by atoms with van der Waals surface area (Å²) in [4.78, 5) is 2.11. The van der Waals surface area contributed by atoms with Gasteiger partial charge in [-0.2, -0.15) is 5.26 Å². The van der Waals surface area contributed by atoms with Crippen molar-refractivity contribution in [3.05, 3.63) is 29.6 Å². The molecular weight excluding hydrogens is 305 g/mol. The minimum absolute atomic E-state index is 0.299. The molecule has 1 aromatic carbocycles. The molecule has 1 N–H and O–H groups in total. The highest BCUT2D eigenvalue weighted by Gasteiger charge is 2.26. The quantitative estimate of drug-likeness (QED) is 0.921. The Labute approximate surface area is 143 Å². The minimum atomic E-state index is -0.299. The zero-order valence-corrected chi connectivity index (χ0v) is 14.3. The monoisotopic (exact) mass is 331 g/mol. The maximum Gasteiger partial charge on any atom is 0.147 e. The fourth-order valence-corrected chi connectivity index (χ4v) is 3.89. The number of hydrogen-bond donors (Lipinski definition) is 1. The van der Waals surface area contributed by atoms with Gasteiger partial charge in [-0.3, -0.25) is 0 Å². The standard InChI is InChI=1S/C19H26FN3O/c1-14(16-6-9-24-10-7-16)22-17-3-2-8-23(13-17)19-5-4-15(12-21)11-18(19)20/h4-5,11,14,16-17,22H,2-3,6-10,13H2,1H3/t14-,17-/m1/s1. The molecule has 0 amide bonds. The molecule has 2 atom stereocenters. The second-order valence-electron chi connectivity index (χ2n) is 6.97. The lowest BCUT2D eigenvalue weighted by Crippen LogP contribution is -2.51. The van der Waals surface area contributed by atoms with E-state index in [1.54, 1.807) is 12.1 Å². The van der Waals surface area contributed by atoms with E-state index in [1.165, 1.54) is 6.07 Å². The van der Waals surface area contributed by atoms with Gasteiger partial charge in [0, 0.05) is 38.4 Å². The molecule has 2 heterocycles. The van der Waals surface area contributed by atoms with Crippen LogP contribution in [0.4, 0.5) is 10.1 Å². The lowest BCUT2D eigenvalue weighted by atomic mass is 9.91. The van der Waals surface area contributed by atoms with E-state index in [4.69, 9.17) is 10.00 Å². The Morgan fingerprint density at radius 1 is 1.33 bits per heavy atom. The Bertz CT molecular complexity index is 595. The van der Waals surface area contributed by atoms with Gasteiger partial charge in [-0.05, 0) is 56.7 Å².